The first-order chi connectivity index (χ1) is 15.5. The van der Waals surface area contributed by atoms with E-state index < -0.39 is 0 Å². The minimum atomic E-state index is -0.00423. The highest BCUT2D eigenvalue weighted by Crippen LogP contribution is 2.39. The van der Waals surface area contributed by atoms with Gasteiger partial charge in [0.1, 0.15) is 10.2 Å². The molecule has 2 heterocycles. The second-order valence-corrected chi connectivity index (χ2v) is 9.86. The summed E-state index contributed by atoms with van der Waals surface area (Å²) >= 11 is 19.3. The van der Waals surface area contributed by atoms with E-state index >= 15 is 0 Å². The van der Waals surface area contributed by atoms with E-state index in [1.807, 2.05) is 12.1 Å². The molecule has 10 heteroatoms. The van der Waals surface area contributed by atoms with Crippen molar-refractivity contribution in [2.45, 2.75) is 47.7 Å². The number of hydrogen-bond donors (Lipinski definition) is 2. The minimum Gasteiger partial charge on any atom is -0.361 e. The first kappa shape index (κ1) is 23.2. The van der Waals surface area contributed by atoms with Gasteiger partial charge in [0.25, 0.3) is 0 Å². The van der Waals surface area contributed by atoms with Crippen molar-refractivity contribution >= 4 is 58.2 Å². The van der Waals surface area contributed by atoms with E-state index in [-0.39, 0.29) is 5.41 Å². The van der Waals surface area contributed by atoms with Gasteiger partial charge in [-0.05, 0) is 60.6 Å². The average Bonchev–Trinajstić information content (AvgIpc) is 2.79. The van der Waals surface area contributed by atoms with Crippen molar-refractivity contribution < 1.29 is 0 Å². The van der Waals surface area contributed by atoms with Crippen molar-refractivity contribution in [1.82, 2.24) is 25.3 Å². The van der Waals surface area contributed by atoms with E-state index in [1.54, 1.807) is 24.5 Å². The zero-order valence-electron chi connectivity index (χ0n) is 17.2. The summed E-state index contributed by atoms with van der Waals surface area (Å²) < 4.78 is 0. The van der Waals surface area contributed by atoms with E-state index in [0.717, 1.165) is 17.9 Å². The van der Waals surface area contributed by atoms with E-state index in [1.165, 1.54) is 36.6 Å². The number of hydrogen-bond acceptors (Lipinski definition) is 6. The largest absolute Gasteiger partial charge is 0.361 e. The standard InChI is InChI=1S/C22H22Cl2N6S2/c23-16-7-4-6-15(12-16)22(8-2-1-3-9-22)14-27-20(31)30-19-28-17(24)13-18(29-19)32-21-25-10-5-11-26-21/h4-7,10-13H,1-3,8-9,14H2,(H2,27,28,29,30,31). The normalized spacial score (nSPS) is 15.2. The number of nitrogens with zero attached hydrogens (tertiary/aromatic N) is 4. The highest BCUT2D eigenvalue weighted by atomic mass is 35.5. The predicted octanol–water partition coefficient (Wildman–Crippen LogP) is 5.91. The van der Waals surface area contributed by atoms with E-state index in [4.69, 9.17) is 35.4 Å². The molecular formula is C22H22Cl2N6S2. The van der Waals surface area contributed by atoms with Crippen LogP contribution in [0, 0.1) is 0 Å². The van der Waals surface area contributed by atoms with Crippen LogP contribution < -0.4 is 10.6 Å². The maximum atomic E-state index is 6.29. The van der Waals surface area contributed by atoms with Gasteiger partial charge in [0.2, 0.25) is 5.95 Å². The number of thiocarbonyl (C=S) groups is 1. The molecule has 0 atom stereocenters. The van der Waals surface area contributed by atoms with Crippen LogP contribution in [0.3, 0.4) is 0 Å². The summed E-state index contributed by atoms with van der Waals surface area (Å²) in [5.41, 5.74) is 1.25. The highest BCUT2D eigenvalue weighted by molar-refractivity contribution is 7.99. The molecule has 1 aromatic carbocycles. The summed E-state index contributed by atoms with van der Waals surface area (Å²) in [5, 5.41) is 9.16. The molecule has 1 saturated carbocycles. The van der Waals surface area contributed by atoms with Gasteiger partial charge in [-0.2, -0.15) is 0 Å². The maximum Gasteiger partial charge on any atom is 0.231 e. The first-order valence-corrected chi connectivity index (χ1v) is 12.3. The lowest BCUT2D eigenvalue weighted by Gasteiger charge is -2.38. The highest BCUT2D eigenvalue weighted by Gasteiger charge is 2.34. The molecule has 4 rings (SSSR count). The molecule has 0 bridgehead atoms. The molecule has 1 aliphatic rings. The van der Waals surface area contributed by atoms with Crippen molar-refractivity contribution in [2.24, 2.45) is 0 Å². The molecule has 0 saturated heterocycles. The van der Waals surface area contributed by atoms with Gasteiger partial charge in [0.15, 0.2) is 10.3 Å². The molecule has 0 radical (unpaired) electrons. The van der Waals surface area contributed by atoms with Gasteiger partial charge in [-0.15, -0.1) is 0 Å². The van der Waals surface area contributed by atoms with Crippen molar-refractivity contribution in [3.63, 3.8) is 0 Å². The minimum absolute atomic E-state index is 0.00423. The molecule has 1 fully saturated rings. The van der Waals surface area contributed by atoms with Crippen molar-refractivity contribution in [3.8, 4) is 0 Å². The van der Waals surface area contributed by atoms with Gasteiger partial charge in [0, 0.05) is 35.4 Å². The molecule has 0 amide bonds. The molecule has 32 heavy (non-hydrogen) atoms. The lowest BCUT2D eigenvalue weighted by molar-refractivity contribution is 0.292. The third kappa shape index (κ3) is 6.07. The van der Waals surface area contributed by atoms with E-state index in [2.05, 4.69) is 42.7 Å². The van der Waals surface area contributed by atoms with Gasteiger partial charge in [-0.3, -0.25) is 0 Å². The zero-order chi connectivity index (χ0) is 22.4. The molecule has 2 aromatic heterocycles. The molecule has 2 N–H and O–H groups in total. The second kappa shape index (κ2) is 10.7. The smallest absolute Gasteiger partial charge is 0.231 e. The Hall–Kier alpha value is -2.00. The quantitative estimate of drug-likeness (QED) is 0.243. The fourth-order valence-electron chi connectivity index (χ4n) is 3.95. The Morgan fingerprint density at radius 3 is 2.56 bits per heavy atom. The summed E-state index contributed by atoms with van der Waals surface area (Å²) in [5.74, 6) is 0.328. The predicted molar refractivity (Wildman–Crippen MR) is 134 cm³/mol. The topological polar surface area (TPSA) is 75.6 Å². The van der Waals surface area contributed by atoms with Gasteiger partial charge in [0.05, 0.1) is 0 Å². The molecule has 166 valence electrons. The van der Waals surface area contributed by atoms with Crippen LogP contribution in [0.25, 0.3) is 0 Å². The van der Waals surface area contributed by atoms with Gasteiger partial charge >= 0.3 is 0 Å². The molecule has 0 spiro atoms. The fraction of sp³-hybridized carbons (Fsp3) is 0.318. The van der Waals surface area contributed by atoms with Crippen LogP contribution in [-0.4, -0.2) is 31.6 Å². The second-order valence-electron chi connectivity index (χ2n) is 7.64. The number of benzene rings is 1. The Balaban J connectivity index is 1.43. The summed E-state index contributed by atoms with van der Waals surface area (Å²) in [6.07, 6.45) is 9.17. The lowest BCUT2D eigenvalue weighted by Crippen LogP contribution is -2.43. The fourth-order valence-corrected chi connectivity index (χ4v) is 5.27. The molecule has 6 nitrogen and oxygen atoms in total. The van der Waals surface area contributed by atoms with Crippen molar-refractivity contribution in [1.29, 1.82) is 0 Å². The Bertz CT molecular complexity index is 1080. The number of anilines is 1. The van der Waals surface area contributed by atoms with Gasteiger partial charge in [-0.25, -0.2) is 19.9 Å². The Morgan fingerprint density at radius 2 is 1.81 bits per heavy atom. The molecule has 0 unspecified atom stereocenters. The first-order valence-electron chi connectivity index (χ1n) is 10.3. The van der Waals surface area contributed by atoms with Crippen LogP contribution in [-0.2, 0) is 5.41 Å². The monoisotopic (exact) mass is 504 g/mol. The average molecular weight is 506 g/mol. The summed E-state index contributed by atoms with van der Waals surface area (Å²) in [4.78, 5) is 17.1. The number of rotatable bonds is 6. The summed E-state index contributed by atoms with van der Waals surface area (Å²) in [6, 6.07) is 11.6. The molecule has 3 aromatic rings. The van der Waals surface area contributed by atoms with Gasteiger partial charge < -0.3 is 10.6 Å². The molecular weight excluding hydrogens is 483 g/mol. The zero-order valence-corrected chi connectivity index (χ0v) is 20.4. The molecule has 1 aliphatic carbocycles. The van der Waals surface area contributed by atoms with Crippen LogP contribution in [0.4, 0.5) is 5.95 Å². The Morgan fingerprint density at radius 1 is 1.03 bits per heavy atom. The van der Waals surface area contributed by atoms with Gasteiger partial charge in [-0.1, -0.05) is 54.6 Å². The Labute approximate surface area is 207 Å². The third-order valence-electron chi connectivity index (χ3n) is 5.47. The number of halogens is 2. The van der Waals surface area contributed by atoms with Crippen molar-refractivity contribution in [2.75, 3.05) is 11.9 Å². The molecule has 0 aliphatic heterocycles. The maximum absolute atomic E-state index is 6.29. The van der Waals surface area contributed by atoms with Crippen LogP contribution in [0.15, 0.2) is 59.0 Å². The van der Waals surface area contributed by atoms with Crippen LogP contribution in [0.2, 0.25) is 10.2 Å². The van der Waals surface area contributed by atoms with Crippen LogP contribution in [0.5, 0.6) is 0 Å². The third-order valence-corrected chi connectivity index (χ3v) is 6.96. The lowest BCUT2D eigenvalue weighted by atomic mass is 9.69. The summed E-state index contributed by atoms with van der Waals surface area (Å²) in [6.45, 7) is 0.708. The van der Waals surface area contributed by atoms with E-state index in [0.29, 0.717) is 32.9 Å². The number of nitrogens with one attached hydrogen (secondary N) is 2. The SMILES string of the molecule is S=C(NCC1(c2cccc(Cl)c2)CCCCC1)Nc1nc(Cl)cc(Sc2ncccn2)n1. The van der Waals surface area contributed by atoms with Crippen LogP contribution >= 0.6 is 47.2 Å². The summed E-state index contributed by atoms with van der Waals surface area (Å²) in [7, 11) is 0. The number of aromatic nitrogens is 4. The van der Waals surface area contributed by atoms with E-state index in [9.17, 15) is 0 Å². The Kier molecular flexibility index (Phi) is 7.78. The van der Waals surface area contributed by atoms with Crippen LogP contribution in [0.1, 0.15) is 37.7 Å². The van der Waals surface area contributed by atoms with Crippen molar-refractivity contribution in [3.05, 3.63) is 64.5 Å².